The third kappa shape index (κ3) is 3.37. The molecule has 1 aliphatic heterocycles. The third-order valence-corrected chi connectivity index (χ3v) is 7.64. The first kappa shape index (κ1) is 21.9. The Bertz CT molecular complexity index is 1300. The van der Waals surface area contributed by atoms with Crippen LogP contribution in [0.5, 0.6) is 5.88 Å². The average molecular weight is 481 g/mol. The molecule has 1 amide bonds. The maximum Gasteiger partial charge on any atom is 0.417 e. The summed E-state index contributed by atoms with van der Waals surface area (Å²) < 4.78 is 44.6. The van der Waals surface area contributed by atoms with E-state index in [0.717, 1.165) is 25.1 Å². The number of pyridine rings is 2. The number of carbonyl (C=O) groups is 1. The Kier molecular flexibility index (Phi) is 4.68. The maximum absolute atomic E-state index is 13.9. The van der Waals surface area contributed by atoms with Crippen LogP contribution in [0.4, 0.5) is 13.2 Å². The highest BCUT2D eigenvalue weighted by molar-refractivity contribution is 5.99. The molecule has 2 saturated carbocycles. The van der Waals surface area contributed by atoms with Gasteiger partial charge in [-0.3, -0.25) is 4.79 Å². The minimum atomic E-state index is -4.46. The predicted octanol–water partition coefficient (Wildman–Crippen LogP) is 4.33. The number of likely N-dealkylation sites (tertiary alicyclic amines) is 1. The molecule has 7 nitrogen and oxygen atoms in total. The molecule has 1 spiro atoms. The second kappa shape index (κ2) is 7.47. The molecule has 0 N–H and O–H groups in total. The van der Waals surface area contributed by atoms with Gasteiger partial charge in [0.25, 0.3) is 5.91 Å². The number of piperidine rings is 1. The highest BCUT2D eigenvalue weighted by Crippen LogP contribution is 2.73. The molecule has 6 rings (SSSR count). The summed E-state index contributed by atoms with van der Waals surface area (Å²) in [5.41, 5.74) is 0.723. The molecule has 3 fully saturated rings. The van der Waals surface area contributed by atoms with Crippen molar-refractivity contribution in [3.8, 4) is 17.3 Å². The highest BCUT2D eigenvalue weighted by atomic mass is 19.4. The topological polar surface area (TPSA) is 81.1 Å². The van der Waals surface area contributed by atoms with Gasteiger partial charge in [0.1, 0.15) is 11.8 Å². The summed E-state index contributed by atoms with van der Waals surface area (Å²) >= 11 is 0. The van der Waals surface area contributed by atoms with E-state index in [4.69, 9.17) is 4.74 Å². The molecule has 1 saturated heterocycles. The van der Waals surface area contributed by atoms with Crippen LogP contribution in [0, 0.1) is 18.3 Å². The molecule has 4 heterocycles. The number of amides is 1. The highest BCUT2D eigenvalue weighted by Gasteiger charge is 2.78. The molecule has 3 aliphatic rings. The van der Waals surface area contributed by atoms with E-state index >= 15 is 0 Å². The Labute approximate surface area is 199 Å². The second-order valence-electron chi connectivity index (χ2n) is 9.61. The van der Waals surface area contributed by atoms with Crippen LogP contribution in [0.25, 0.3) is 11.4 Å². The van der Waals surface area contributed by atoms with Gasteiger partial charge in [-0.2, -0.15) is 13.2 Å². The molecular weight excluding hydrogens is 459 g/mol. The number of alkyl halides is 3. The molecule has 180 valence electrons. The molecule has 0 radical (unpaired) electrons. The molecule has 0 aromatic carbocycles. The lowest BCUT2D eigenvalue weighted by atomic mass is 9.73. The van der Waals surface area contributed by atoms with Crippen molar-refractivity contribution in [1.29, 1.82) is 0 Å². The molecule has 3 aromatic heterocycles. The number of hydrogen-bond acceptors (Lipinski definition) is 6. The summed E-state index contributed by atoms with van der Waals surface area (Å²) in [4.78, 5) is 32.8. The SMILES string of the molecule is Cc1ccc(-c2ncccn2)c(C(=O)N2C(C)C3CC34CC(Oc3ccc(C(F)(F)F)cn3)C24)n1. The van der Waals surface area contributed by atoms with E-state index in [1.807, 2.05) is 30.9 Å². The normalized spacial score (nSPS) is 28.7. The van der Waals surface area contributed by atoms with Gasteiger partial charge in [0, 0.05) is 41.8 Å². The minimum absolute atomic E-state index is 0.00110. The van der Waals surface area contributed by atoms with E-state index in [2.05, 4.69) is 19.9 Å². The van der Waals surface area contributed by atoms with Crippen molar-refractivity contribution in [2.45, 2.75) is 51.1 Å². The fraction of sp³-hybridized carbons (Fsp3) is 0.400. The number of halogens is 3. The summed E-state index contributed by atoms with van der Waals surface area (Å²) in [5, 5.41) is 0. The van der Waals surface area contributed by atoms with Gasteiger partial charge in [0.15, 0.2) is 5.82 Å². The zero-order valence-corrected chi connectivity index (χ0v) is 19.0. The van der Waals surface area contributed by atoms with E-state index < -0.39 is 11.7 Å². The fourth-order valence-electron chi connectivity index (χ4n) is 5.95. The zero-order valence-electron chi connectivity index (χ0n) is 19.0. The van der Waals surface area contributed by atoms with Crippen LogP contribution in [-0.2, 0) is 6.18 Å². The van der Waals surface area contributed by atoms with Crippen molar-refractivity contribution < 1.29 is 22.7 Å². The summed E-state index contributed by atoms with van der Waals surface area (Å²) in [6.45, 7) is 3.86. The zero-order chi connectivity index (χ0) is 24.5. The average Bonchev–Trinajstić information content (AvgIpc) is 3.55. The number of rotatable bonds is 4. The number of aryl methyl sites for hydroxylation is 1. The quantitative estimate of drug-likeness (QED) is 0.552. The van der Waals surface area contributed by atoms with Gasteiger partial charge in [0.2, 0.25) is 5.88 Å². The lowest BCUT2D eigenvalue weighted by Crippen LogP contribution is -2.60. The standard InChI is InChI=1S/C25H22F3N5O2/c1-13-4-6-16(22-29-8-3-9-30-22)20(32-13)23(34)33-14(2)17-10-24(17)11-18(21(24)33)35-19-7-5-15(12-31-19)25(26,27)28/h3-9,12,14,17-18,21H,10-11H2,1-2H3. The van der Waals surface area contributed by atoms with Crippen molar-refractivity contribution in [3.63, 3.8) is 0 Å². The van der Waals surface area contributed by atoms with E-state index in [1.54, 1.807) is 18.5 Å². The molecule has 0 bridgehead atoms. The molecule has 35 heavy (non-hydrogen) atoms. The van der Waals surface area contributed by atoms with E-state index in [0.29, 0.717) is 23.0 Å². The number of ether oxygens (including phenoxy) is 1. The van der Waals surface area contributed by atoms with E-state index in [1.165, 1.54) is 6.07 Å². The van der Waals surface area contributed by atoms with Gasteiger partial charge < -0.3 is 9.64 Å². The molecular formula is C25H22F3N5O2. The van der Waals surface area contributed by atoms with Gasteiger partial charge in [0.05, 0.1) is 17.2 Å². The van der Waals surface area contributed by atoms with Crippen molar-refractivity contribution >= 4 is 5.91 Å². The first-order valence-corrected chi connectivity index (χ1v) is 11.5. The van der Waals surface area contributed by atoms with Gasteiger partial charge >= 0.3 is 6.18 Å². The van der Waals surface area contributed by atoms with Crippen LogP contribution < -0.4 is 4.74 Å². The largest absolute Gasteiger partial charge is 0.472 e. The van der Waals surface area contributed by atoms with Gasteiger partial charge in [-0.15, -0.1) is 0 Å². The van der Waals surface area contributed by atoms with Crippen molar-refractivity contribution in [2.24, 2.45) is 11.3 Å². The Morgan fingerprint density at radius 1 is 1.11 bits per heavy atom. The monoisotopic (exact) mass is 481 g/mol. The van der Waals surface area contributed by atoms with E-state index in [9.17, 15) is 18.0 Å². The van der Waals surface area contributed by atoms with Crippen LogP contribution in [-0.4, -0.2) is 48.9 Å². The lowest BCUT2D eigenvalue weighted by molar-refractivity contribution is -0.137. The van der Waals surface area contributed by atoms with Crippen LogP contribution in [0.2, 0.25) is 0 Å². The Hall–Kier alpha value is -3.56. The maximum atomic E-state index is 13.9. The van der Waals surface area contributed by atoms with Gasteiger partial charge in [-0.1, -0.05) is 0 Å². The number of nitrogens with zero attached hydrogens (tertiary/aromatic N) is 5. The third-order valence-electron chi connectivity index (χ3n) is 7.64. The summed E-state index contributed by atoms with van der Waals surface area (Å²) in [6.07, 6.45) is 0.955. The van der Waals surface area contributed by atoms with Gasteiger partial charge in [-0.05, 0) is 56.9 Å². The molecule has 10 heteroatoms. The molecule has 2 aliphatic carbocycles. The second-order valence-corrected chi connectivity index (χ2v) is 9.61. The van der Waals surface area contributed by atoms with Crippen molar-refractivity contribution in [1.82, 2.24) is 24.8 Å². The van der Waals surface area contributed by atoms with Crippen molar-refractivity contribution in [3.05, 3.63) is 65.9 Å². The van der Waals surface area contributed by atoms with Crippen LogP contribution in [0.3, 0.4) is 0 Å². The van der Waals surface area contributed by atoms with Crippen LogP contribution in [0.1, 0.15) is 41.5 Å². The number of carbonyl (C=O) groups excluding carboxylic acids is 1. The van der Waals surface area contributed by atoms with Crippen molar-refractivity contribution in [2.75, 3.05) is 0 Å². The van der Waals surface area contributed by atoms with Crippen LogP contribution >= 0.6 is 0 Å². The Morgan fingerprint density at radius 2 is 1.89 bits per heavy atom. The fourth-order valence-corrected chi connectivity index (χ4v) is 5.95. The number of hydrogen-bond donors (Lipinski definition) is 0. The Morgan fingerprint density at radius 3 is 2.57 bits per heavy atom. The molecule has 3 aromatic rings. The smallest absolute Gasteiger partial charge is 0.417 e. The first-order valence-electron chi connectivity index (χ1n) is 11.5. The van der Waals surface area contributed by atoms with Crippen LogP contribution in [0.15, 0.2) is 48.9 Å². The summed E-state index contributed by atoms with van der Waals surface area (Å²) in [6, 6.07) is 7.33. The molecule has 5 unspecified atom stereocenters. The number of aromatic nitrogens is 4. The lowest BCUT2D eigenvalue weighted by Gasteiger charge is -2.47. The Balaban J connectivity index is 1.29. The minimum Gasteiger partial charge on any atom is -0.472 e. The predicted molar refractivity (Wildman–Crippen MR) is 118 cm³/mol. The summed E-state index contributed by atoms with van der Waals surface area (Å²) in [5.74, 6) is 0.700. The first-order chi connectivity index (χ1) is 16.7. The van der Waals surface area contributed by atoms with E-state index in [-0.39, 0.29) is 41.1 Å². The van der Waals surface area contributed by atoms with Gasteiger partial charge in [-0.25, -0.2) is 19.9 Å². The summed E-state index contributed by atoms with van der Waals surface area (Å²) in [7, 11) is 0. The molecule has 5 atom stereocenters.